The van der Waals surface area contributed by atoms with Crippen molar-refractivity contribution < 1.29 is 48.8 Å². The summed E-state index contributed by atoms with van der Waals surface area (Å²) in [4.78, 5) is 9.37. The Bertz CT molecular complexity index is 2510. The van der Waals surface area contributed by atoms with Gasteiger partial charge in [0.05, 0.1) is 27.6 Å². The molecule has 0 aromatic heterocycles. The van der Waals surface area contributed by atoms with Crippen LogP contribution in [-0.2, 0) is 35.1 Å². The van der Waals surface area contributed by atoms with Crippen LogP contribution in [0.4, 0.5) is 34.1 Å². The Morgan fingerprint density at radius 2 is 1.22 bits per heavy atom. The van der Waals surface area contributed by atoms with Crippen LogP contribution in [-0.4, -0.2) is 49.9 Å². The predicted molar refractivity (Wildman–Crippen MR) is 183 cm³/mol. The van der Waals surface area contributed by atoms with Crippen LogP contribution in [0, 0.1) is 0 Å². The van der Waals surface area contributed by atoms with Crippen molar-refractivity contribution in [1.82, 2.24) is 0 Å². The van der Waals surface area contributed by atoms with E-state index in [4.69, 9.17) is 5.73 Å². The average molecular weight is 731 g/mol. The van der Waals surface area contributed by atoms with Crippen LogP contribution in [0.3, 0.4) is 0 Å². The van der Waals surface area contributed by atoms with Crippen molar-refractivity contribution in [3.8, 4) is 5.75 Å². The molecule has 17 nitrogen and oxygen atoms in total. The lowest BCUT2D eigenvalue weighted by Crippen LogP contribution is -2.14. The summed E-state index contributed by atoms with van der Waals surface area (Å²) in [5.41, 5.74) is 17.3. The topological polar surface area (TPSA) is 287 Å². The number of fused-ring (bicyclic) bond motifs is 2. The number of nitrogens with one attached hydrogen (secondary N) is 5. The minimum atomic E-state index is -5.09. The molecule has 5 rings (SSSR count). The van der Waals surface area contributed by atoms with Gasteiger partial charge >= 0.3 is 0 Å². The van der Waals surface area contributed by atoms with Gasteiger partial charge in [0.15, 0.2) is 0 Å². The third kappa shape index (κ3) is 7.43. The van der Waals surface area contributed by atoms with Crippen molar-refractivity contribution in [3.05, 3.63) is 85.5 Å². The first-order chi connectivity index (χ1) is 22.9. The van der Waals surface area contributed by atoms with Crippen LogP contribution < -0.4 is 32.8 Å². The summed E-state index contributed by atoms with van der Waals surface area (Å²) >= 11 is 0. The molecule has 0 unspecified atom stereocenters. The molecule has 0 aliphatic heterocycles. The molecule has 0 saturated heterocycles. The van der Waals surface area contributed by atoms with Crippen LogP contribution in [0.5, 0.6) is 5.75 Å². The third-order valence-corrected chi connectivity index (χ3v) is 9.69. The second-order valence-electron chi connectivity index (χ2n) is 10.3. The molecule has 0 atom stereocenters. The molecule has 5 aromatic rings. The number of anilines is 6. The molecule has 5 aromatic carbocycles. The van der Waals surface area contributed by atoms with Crippen molar-refractivity contribution in [2.75, 3.05) is 32.8 Å². The van der Waals surface area contributed by atoms with Crippen LogP contribution in [0.25, 0.3) is 21.5 Å². The van der Waals surface area contributed by atoms with Gasteiger partial charge < -0.3 is 32.4 Å². The molecule has 20 heteroatoms. The predicted octanol–water partition coefficient (Wildman–Crippen LogP) is 4.02. The molecule has 0 radical (unpaired) electrons. The summed E-state index contributed by atoms with van der Waals surface area (Å²) in [5.74, 6) is -1.19. The summed E-state index contributed by atoms with van der Waals surface area (Å²) in [7, 11) is -14.6. The fourth-order valence-electron chi connectivity index (χ4n) is 4.75. The monoisotopic (exact) mass is 730 g/mol. The molecule has 256 valence electrons. The summed E-state index contributed by atoms with van der Waals surface area (Å²) in [6.45, 7) is 3.39. The Labute approximate surface area is 278 Å². The lowest BCUT2D eigenvalue weighted by atomic mass is 10.1. The standard InChI is InChI=1S/C29H26N6O11S3/c1-2-27(36)31-16-3-5-17(6-4-16)32-33-23-9-10-24(21-13-18(47(38,39)40)7-8-19(21)23)34-35-28-26(49(44,45)46)12-15-11-25(48(41,42)43)22(30)14-20(15)29(28)37/h2-14,32-35,37H,1,30H2,(H,31,36)(H,38,39,40)(H,41,42,43)(H,44,45,46). The van der Waals surface area contributed by atoms with Crippen LogP contribution in [0.15, 0.2) is 100 Å². The maximum absolute atomic E-state index is 12.3. The lowest BCUT2D eigenvalue weighted by Gasteiger charge is -2.19. The van der Waals surface area contributed by atoms with E-state index in [-0.39, 0.29) is 27.8 Å². The largest absolute Gasteiger partial charge is 0.505 e. The Balaban J connectivity index is 1.53. The highest BCUT2D eigenvalue weighted by Gasteiger charge is 2.25. The number of nitrogens with two attached hydrogens (primary N) is 1. The number of phenols is 1. The molecule has 0 saturated carbocycles. The number of carbonyl (C=O) groups is 1. The fraction of sp³-hybridized carbons (Fsp3) is 0. The second-order valence-corrected chi connectivity index (χ2v) is 14.5. The molecule has 0 fully saturated rings. The van der Waals surface area contributed by atoms with Crippen molar-refractivity contribution in [2.45, 2.75) is 14.7 Å². The van der Waals surface area contributed by atoms with Gasteiger partial charge in [-0.05, 0) is 78.2 Å². The van der Waals surface area contributed by atoms with Gasteiger partial charge in [0.1, 0.15) is 21.2 Å². The smallest absolute Gasteiger partial charge is 0.296 e. The Morgan fingerprint density at radius 3 is 1.82 bits per heavy atom. The summed E-state index contributed by atoms with van der Waals surface area (Å²) < 4.78 is 101. The number of benzene rings is 5. The SMILES string of the molecule is C=CC(=O)Nc1ccc(NNc2ccc(NNc3c(S(=O)(=O)O)cc4cc(S(=O)(=O)O)c(N)cc4c3O)c3cc(S(=O)(=O)O)ccc23)cc1. The van der Waals surface area contributed by atoms with Gasteiger partial charge in [0.25, 0.3) is 30.4 Å². The normalized spacial score (nSPS) is 12.0. The maximum Gasteiger partial charge on any atom is 0.296 e. The van der Waals surface area contributed by atoms with E-state index >= 15 is 0 Å². The van der Waals surface area contributed by atoms with Gasteiger partial charge in [-0.25, -0.2) is 0 Å². The zero-order valence-electron chi connectivity index (χ0n) is 24.7. The van der Waals surface area contributed by atoms with E-state index in [1.807, 2.05) is 0 Å². The first-order valence-corrected chi connectivity index (χ1v) is 17.8. The quantitative estimate of drug-likeness (QED) is 0.0302. The van der Waals surface area contributed by atoms with Gasteiger partial charge in [0, 0.05) is 21.8 Å². The molecular weight excluding hydrogens is 705 g/mol. The zero-order valence-corrected chi connectivity index (χ0v) is 27.1. The van der Waals surface area contributed by atoms with E-state index < -0.39 is 62.2 Å². The van der Waals surface area contributed by atoms with E-state index in [1.54, 1.807) is 30.3 Å². The van der Waals surface area contributed by atoms with E-state index in [0.717, 1.165) is 36.4 Å². The van der Waals surface area contributed by atoms with Gasteiger partial charge in [-0.15, -0.1) is 0 Å². The van der Waals surface area contributed by atoms with Crippen LogP contribution >= 0.6 is 0 Å². The van der Waals surface area contributed by atoms with Crippen molar-refractivity contribution >= 4 is 91.9 Å². The first-order valence-electron chi connectivity index (χ1n) is 13.5. The van der Waals surface area contributed by atoms with E-state index in [9.17, 15) is 48.8 Å². The van der Waals surface area contributed by atoms with E-state index in [0.29, 0.717) is 22.4 Å². The Morgan fingerprint density at radius 1 is 0.653 bits per heavy atom. The van der Waals surface area contributed by atoms with E-state index in [1.165, 1.54) is 12.1 Å². The van der Waals surface area contributed by atoms with Gasteiger partial charge in [-0.2, -0.15) is 25.3 Å². The van der Waals surface area contributed by atoms with Gasteiger partial charge in [0.2, 0.25) is 5.91 Å². The number of amides is 1. The average Bonchev–Trinajstić information content (AvgIpc) is 3.02. The van der Waals surface area contributed by atoms with Gasteiger partial charge in [-0.1, -0.05) is 12.6 Å². The molecule has 0 bridgehead atoms. The molecule has 49 heavy (non-hydrogen) atoms. The molecule has 0 heterocycles. The maximum atomic E-state index is 12.3. The minimum Gasteiger partial charge on any atom is -0.505 e. The molecule has 11 N–H and O–H groups in total. The summed E-state index contributed by atoms with van der Waals surface area (Å²) in [5, 5.41) is 13.8. The Kier molecular flexibility index (Phi) is 9.03. The summed E-state index contributed by atoms with van der Waals surface area (Å²) in [6, 6.07) is 15.8. The van der Waals surface area contributed by atoms with Crippen LogP contribution in [0.2, 0.25) is 0 Å². The zero-order chi connectivity index (χ0) is 35.9. The number of rotatable bonds is 11. The number of aromatic hydroxyl groups is 1. The van der Waals surface area contributed by atoms with Crippen molar-refractivity contribution in [1.29, 1.82) is 0 Å². The number of hydrazine groups is 2. The first kappa shape index (κ1) is 34.7. The lowest BCUT2D eigenvalue weighted by molar-refractivity contribution is -0.111. The fourth-order valence-corrected chi connectivity index (χ4v) is 6.58. The number of carbonyl (C=O) groups excluding carboxylic acids is 1. The van der Waals surface area contributed by atoms with Crippen LogP contribution in [0.1, 0.15) is 0 Å². The highest BCUT2D eigenvalue weighted by molar-refractivity contribution is 7.86. The molecule has 0 spiro atoms. The molecular formula is C29H26N6O11S3. The second kappa shape index (κ2) is 12.8. The van der Waals surface area contributed by atoms with Gasteiger partial charge in [-0.3, -0.25) is 23.9 Å². The third-order valence-electron chi connectivity index (χ3n) is 7.05. The number of nitrogen functional groups attached to an aromatic ring is 1. The molecule has 1 amide bonds. The number of phenolic OH excluding ortho intramolecular Hbond substituents is 1. The van der Waals surface area contributed by atoms with E-state index in [2.05, 4.69) is 33.6 Å². The van der Waals surface area contributed by atoms with Crippen molar-refractivity contribution in [3.63, 3.8) is 0 Å². The number of hydrogen-bond acceptors (Lipinski definition) is 13. The summed E-state index contributed by atoms with van der Waals surface area (Å²) in [6.07, 6.45) is 1.12. The van der Waals surface area contributed by atoms with Crippen molar-refractivity contribution in [2.24, 2.45) is 0 Å². The minimum absolute atomic E-state index is 0.0929. The highest BCUT2D eigenvalue weighted by atomic mass is 32.2. The molecule has 0 aliphatic carbocycles. The number of hydrogen-bond donors (Lipinski definition) is 10. The molecule has 0 aliphatic rings. The Hall–Kier alpha value is -5.64. The highest BCUT2D eigenvalue weighted by Crippen LogP contribution is 2.41.